The molecule has 2 aliphatic rings. The van der Waals surface area contributed by atoms with Crippen molar-refractivity contribution >= 4 is 12.0 Å². The number of anilines is 1. The predicted molar refractivity (Wildman–Crippen MR) is 178 cm³/mol. The van der Waals surface area contributed by atoms with Gasteiger partial charge < -0.3 is 34.4 Å². The second kappa shape index (κ2) is 16.8. The topological polar surface area (TPSA) is 112 Å². The molecular formula is C37H48N2O7. The summed E-state index contributed by atoms with van der Waals surface area (Å²) in [6.07, 6.45) is 1.20. The van der Waals surface area contributed by atoms with E-state index in [9.17, 15) is 20.1 Å². The molecule has 0 unspecified atom stereocenters. The zero-order valence-corrected chi connectivity index (χ0v) is 26.7. The molecule has 9 heteroatoms. The summed E-state index contributed by atoms with van der Waals surface area (Å²) < 4.78 is 17.3. The number of aliphatic hydroxyl groups is 3. The third-order valence-electron chi connectivity index (χ3n) is 9.00. The second-order valence-corrected chi connectivity index (χ2v) is 12.4. The maximum atomic E-state index is 11.7. The van der Waals surface area contributed by atoms with Gasteiger partial charge in [-0.2, -0.15) is 0 Å². The van der Waals surface area contributed by atoms with Gasteiger partial charge in [0.15, 0.2) is 12.4 Å². The number of carbonyl (C=O) groups excluding carboxylic acids is 1. The number of aryl methyl sites for hydroxylation is 1. The van der Waals surface area contributed by atoms with E-state index in [4.69, 9.17) is 14.2 Å². The Bertz CT molecular complexity index is 1320. The van der Waals surface area contributed by atoms with Gasteiger partial charge in [0, 0.05) is 38.4 Å². The monoisotopic (exact) mass is 632 g/mol. The van der Waals surface area contributed by atoms with Gasteiger partial charge in [-0.3, -0.25) is 9.69 Å². The Morgan fingerprint density at radius 1 is 0.761 bits per heavy atom. The zero-order chi connectivity index (χ0) is 32.3. The number of aldehydes is 1. The van der Waals surface area contributed by atoms with E-state index in [2.05, 4.69) is 41.0 Å². The minimum atomic E-state index is -1.66. The third-order valence-corrected chi connectivity index (χ3v) is 9.00. The first-order valence-corrected chi connectivity index (χ1v) is 16.6. The summed E-state index contributed by atoms with van der Waals surface area (Å²) in [6, 6.07) is 23.3. The van der Waals surface area contributed by atoms with E-state index in [-0.39, 0.29) is 12.7 Å². The summed E-state index contributed by atoms with van der Waals surface area (Å²) in [4.78, 5) is 16.5. The lowest BCUT2D eigenvalue weighted by Gasteiger charge is -2.36. The highest BCUT2D eigenvalue weighted by Crippen LogP contribution is 2.26. The van der Waals surface area contributed by atoms with E-state index in [0.29, 0.717) is 17.8 Å². The van der Waals surface area contributed by atoms with Crippen molar-refractivity contribution in [1.29, 1.82) is 0 Å². The highest BCUT2D eigenvalue weighted by molar-refractivity contribution is 5.58. The molecule has 3 aromatic carbocycles. The summed E-state index contributed by atoms with van der Waals surface area (Å²) in [6.45, 7) is 6.66. The Kier molecular flexibility index (Phi) is 12.3. The van der Waals surface area contributed by atoms with E-state index in [1.807, 2.05) is 24.3 Å². The molecule has 4 atom stereocenters. The molecule has 0 amide bonds. The lowest BCUT2D eigenvalue weighted by Crippen LogP contribution is -2.49. The van der Waals surface area contributed by atoms with Gasteiger partial charge in [-0.05, 0) is 91.8 Å². The number of aliphatic hydroxyl groups excluding tert-OH is 3. The molecule has 46 heavy (non-hydrogen) atoms. The van der Waals surface area contributed by atoms with E-state index < -0.39 is 24.4 Å². The smallest absolute Gasteiger partial charge is 0.182 e. The number of hydrogen-bond acceptors (Lipinski definition) is 9. The highest BCUT2D eigenvalue weighted by Gasteiger charge is 2.33. The fourth-order valence-electron chi connectivity index (χ4n) is 6.07. The maximum Gasteiger partial charge on any atom is 0.182 e. The van der Waals surface area contributed by atoms with Crippen LogP contribution in [0.25, 0.3) is 0 Å². The number of hydrogen-bond donors (Lipinski definition) is 3. The largest absolute Gasteiger partial charge is 0.491 e. The molecule has 3 aromatic rings. The lowest BCUT2D eigenvalue weighted by molar-refractivity contribution is -0.132. The van der Waals surface area contributed by atoms with E-state index in [1.165, 1.54) is 30.4 Å². The molecule has 248 valence electrons. The van der Waals surface area contributed by atoms with Gasteiger partial charge in [0.25, 0.3) is 0 Å². The highest BCUT2D eigenvalue weighted by atomic mass is 16.5. The van der Waals surface area contributed by atoms with E-state index in [1.54, 1.807) is 24.3 Å². The predicted octanol–water partition coefficient (Wildman–Crippen LogP) is 4.39. The molecule has 9 nitrogen and oxygen atoms in total. The van der Waals surface area contributed by atoms with Crippen LogP contribution in [0.2, 0.25) is 0 Å². The summed E-state index contributed by atoms with van der Waals surface area (Å²) >= 11 is 0. The summed E-state index contributed by atoms with van der Waals surface area (Å²) in [5.41, 5.74) is 3.79. The van der Waals surface area contributed by atoms with Gasteiger partial charge in [0.2, 0.25) is 0 Å². The number of rotatable bonds is 15. The van der Waals surface area contributed by atoms with Crippen molar-refractivity contribution in [2.45, 2.75) is 82.5 Å². The second-order valence-electron chi connectivity index (χ2n) is 12.4. The quantitative estimate of drug-likeness (QED) is 0.210. The Labute approximate surface area is 272 Å². The van der Waals surface area contributed by atoms with E-state index in [0.717, 1.165) is 63.4 Å². The average Bonchev–Trinajstić information content (AvgIpc) is 3.11. The minimum Gasteiger partial charge on any atom is -0.491 e. The molecule has 0 aromatic heterocycles. The molecule has 0 bridgehead atoms. The molecule has 2 fully saturated rings. The van der Waals surface area contributed by atoms with Gasteiger partial charge in [-0.1, -0.05) is 37.6 Å². The van der Waals surface area contributed by atoms with Crippen LogP contribution in [0.15, 0.2) is 72.8 Å². The van der Waals surface area contributed by atoms with Gasteiger partial charge in [-0.25, -0.2) is 0 Å². The molecule has 5 rings (SSSR count). The van der Waals surface area contributed by atoms with Crippen LogP contribution in [0.3, 0.4) is 0 Å². The van der Waals surface area contributed by atoms with Crippen LogP contribution < -0.4 is 19.1 Å². The average molecular weight is 633 g/mol. The number of nitrogens with zero attached hydrogens (tertiary/aromatic N) is 2. The van der Waals surface area contributed by atoms with Crippen molar-refractivity contribution in [1.82, 2.24) is 4.90 Å². The van der Waals surface area contributed by atoms with Crippen LogP contribution in [-0.2, 0) is 17.8 Å². The van der Waals surface area contributed by atoms with Crippen molar-refractivity contribution in [2.75, 3.05) is 37.7 Å². The summed E-state index contributed by atoms with van der Waals surface area (Å²) in [5.74, 6) is 1.58. The third kappa shape index (κ3) is 9.45. The normalized spacial score (nSPS) is 18.7. The van der Waals surface area contributed by atoms with Crippen molar-refractivity contribution in [3.05, 3.63) is 83.9 Å². The first-order chi connectivity index (χ1) is 22.4. The Hall–Kier alpha value is -3.63. The molecule has 1 aliphatic heterocycles. The van der Waals surface area contributed by atoms with Gasteiger partial charge in [0.1, 0.15) is 42.2 Å². The molecule has 1 saturated heterocycles. The van der Waals surface area contributed by atoms with Crippen LogP contribution in [-0.4, -0.2) is 89.8 Å². The number of benzene rings is 3. The Morgan fingerprint density at radius 2 is 1.37 bits per heavy atom. The van der Waals surface area contributed by atoms with Crippen molar-refractivity contribution in [2.24, 2.45) is 0 Å². The Balaban J connectivity index is 1.04. The summed E-state index contributed by atoms with van der Waals surface area (Å²) in [5, 5.41) is 31.7. The SMILES string of the molecule is CCc1ccc(CN2CCN(c3ccc(OC[C@@H](O)[C@@H](O)[C@H](O)[C@H](C=O)Oc4ccc(OC5CCCCC5)cc4)cc3)CC2)cc1. The Morgan fingerprint density at radius 3 is 2.00 bits per heavy atom. The molecule has 1 aliphatic carbocycles. The van der Waals surface area contributed by atoms with Gasteiger partial charge >= 0.3 is 0 Å². The molecular weight excluding hydrogens is 584 g/mol. The molecule has 1 heterocycles. The fraction of sp³-hybridized carbons (Fsp3) is 0.486. The van der Waals surface area contributed by atoms with Crippen LogP contribution in [0, 0.1) is 0 Å². The number of carbonyl (C=O) groups is 1. The number of piperazine rings is 1. The van der Waals surface area contributed by atoms with Crippen LogP contribution in [0.1, 0.15) is 50.2 Å². The molecule has 1 saturated carbocycles. The zero-order valence-electron chi connectivity index (χ0n) is 26.7. The van der Waals surface area contributed by atoms with Crippen molar-refractivity contribution < 1.29 is 34.3 Å². The van der Waals surface area contributed by atoms with Gasteiger partial charge in [-0.15, -0.1) is 0 Å². The van der Waals surface area contributed by atoms with E-state index >= 15 is 0 Å². The molecule has 3 N–H and O–H groups in total. The van der Waals surface area contributed by atoms with Crippen LogP contribution in [0.4, 0.5) is 5.69 Å². The first kappa shape index (κ1) is 33.7. The van der Waals surface area contributed by atoms with Crippen molar-refractivity contribution in [3.8, 4) is 17.2 Å². The fourth-order valence-corrected chi connectivity index (χ4v) is 6.07. The minimum absolute atomic E-state index is 0.211. The van der Waals surface area contributed by atoms with Crippen LogP contribution in [0.5, 0.6) is 17.2 Å². The first-order valence-electron chi connectivity index (χ1n) is 16.6. The molecule has 0 spiro atoms. The van der Waals surface area contributed by atoms with Crippen molar-refractivity contribution in [3.63, 3.8) is 0 Å². The van der Waals surface area contributed by atoms with Gasteiger partial charge in [0.05, 0.1) is 6.10 Å². The number of ether oxygens (including phenoxy) is 3. The molecule has 0 radical (unpaired) electrons. The standard InChI is InChI=1S/C37H48N2O7/c1-2-27-8-10-28(11-9-27)24-38-20-22-39(23-21-38)29-12-14-30(15-13-29)44-26-34(41)36(42)37(43)35(25-40)46-33-18-16-32(17-19-33)45-31-6-4-3-5-7-31/h8-19,25,31,34-37,41-43H,2-7,20-24,26H2,1H3/t34-,35+,36-,37-/m1/s1. The maximum absolute atomic E-state index is 11.7. The van der Waals surface area contributed by atoms with Crippen LogP contribution >= 0.6 is 0 Å². The lowest BCUT2D eigenvalue weighted by atomic mass is 9.98. The summed E-state index contributed by atoms with van der Waals surface area (Å²) in [7, 11) is 0.